The first-order valence-corrected chi connectivity index (χ1v) is 16.3. The van der Waals surface area contributed by atoms with Gasteiger partial charge in [-0.25, -0.2) is 8.60 Å². The highest BCUT2D eigenvalue weighted by Gasteiger charge is 2.49. The second kappa shape index (κ2) is 14.7. The van der Waals surface area contributed by atoms with Crippen LogP contribution in [0.15, 0.2) is 72.8 Å². The lowest BCUT2D eigenvalue weighted by atomic mass is 9.87. The molecule has 4 rings (SSSR count). The molecule has 0 aliphatic carbocycles. The number of hydrogen-bond donors (Lipinski definition) is 2. The normalized spacial score (nSPS) is 20.4. The minimum Gasteiger partial charge on any atom is -0.481 e. The molecule has 0 radical (unpaired) electrons. The van der Waals surface area contributed by atoms with Crippen molar-refractivity contribution >= 4 is 46.3 Å². The van der Waals surface area contributed by atoms with Crippen molar-refractivity contribution in [3.05, 3.63) is 105 Å². The van der Waals surface area contributed by atoms with Crippen molar-refractivity contribution in [2.75, 3.05) is 6.54 Å². The zero-order valence-electron chi connectivity index (χ0n) is 25.4. The quantitative estimate of drug-likeness (QED) is 0.198. The van der Waals surface area contributed by atoms with Crippen molar-refractivity contribution in [2.24, 2.45) is 5.92 Å². The predicted octanol–water partition coefficient (Wildman–Crippen LogP) is 7.10. The van der Waals surface area contributed by atoms with Crippen LogP contribution >= 0.6 is 23.2 Å². The van der Waals surface area contributed by atoms with Gasteiger partial charge >= 0.3 is 5.97 Å². The van der Waals surface area contributed by atoms with Gasteiger partial charge in [-0.3, -0.25) is 14.1 Å². The molecule has 12 heteroatoms. The lowest BCUT2D eigenvalue weighted by molar-refractivity contribution is -0.185. The summed E-state index contributed by atoms with van der Waals surface area (Å²) in [6, 6.07) is 18.6. The van der Waals surface area contributed by atoms with E-state index in [-0.39, 0.29) is 18.9 Å². The van der Waals surface area contributed by atoms with Gasteiger partial charge in [-0.2, -0.15) is 4.31 Å². The summed E-state index contributed by atoms with van der Waals surface area (Å²) in [6.45, 7) is 7.17. The fourth-order valence-corrected chi connectivity index (χ4v) is 6.96. The zero-order valence-corrected chi connectivity index (χ0v) is 27.7. The van der Waals surface area contributed by atoms with E-state index in [0.29, 0.717) is 26.7 Å². The smallest absolute Gasteiger partial charge is 0.306 e. The van der Waals surface area contributed by atoms with E-state index in [9.17, 15) is 27.8 Å². The van der Waals surface area contributed by atoms with Crippen molar-refractivity contribution in [2.45, 2.75) is 70.4 Å². The molecule has 2 N–H and O–H groups in total. The highest BCUT2D eigenvalue weighted by Crippen LogP contribution is 2.45. The maximum Gasteiger partial charge on any atom is 0.306 e. The maximum absolute atomic E-state index is 14.7. The summed E-state index contributed by atoms with van der Waals surface area (Å²) in [5, 5.41) is 10.6. The number of aliphatic carboxylic acids is 1. The Bertz CT molecular complexity index is 1540. The van der Waals surface area contributed by atoms with Gasteiger partial charge in [-0.1, -0.05) is 79.5 Å². The molecule has 8 nitrogen and oxygen atoms in total. The number of nitrogens with zero attached hydrogens (tertiary/aromatic N) is 2. The van der Waals surface area contributed by atoms with Gasteiger partial charge in [0.1, 0.15) is 18.0 Å². The van der Waals surface area contributed by atoms with Crippen LogP contribution in [0.4, 0.5) is 4.39 Å². The second-order valence-corrected chi connectivity index (χ2v) is 13.9. The Kier molecular flexibility index (Phi) is 11.4. The molecule has 1 amide bonds. The molecular formula is C33H37Cl2FN2O6S. The summed E-state index contributed by atoms with van der Waals surface area (Å²) in [5.41, 5.74) is 0.634. The van der Waals surface area contributed by atoms with Crippen molar-refractivity contribution < 1.29 is 32.6 Å². The minimum absolute atomic E-state index is 0.0832. The number of carboxylic acids is 1. The summed E-state index contributed by atoms with van der Waals surface area (Å²) in [6.07, 6.45) is -2.65. The van der Waals surface area contributed by atoms with E-state index in [1.807, 2.05) is 13.8 Å². The van der Waals surface area contributed by atoms with Gasteiger partial charge in [0.15, 0.2) is 0 Å². The molecule has 1 heterocycles. The lowest BCUT2D eigenvalue weighted by Crippen LogP contribution is -2.61. The Morgan fingerprint density at radius 2 is 1.71 bits per heavy atom. The van der Waals surface area contributed by atoms with E-state index in [0.717, 1.165) is 0 Å². The topological polar surface area (TPSA) is 107 Å². The molecule has 0 spiro atoms. The molecule has 45 heavy (non-hydrogen) atoms. The van der Waals surface area contributed by atoms with E-state index >= 15 is 0 Å². The Labute approximate surface area is 275 Å². The fourth-order valence-electron chi connectivity index (χ4n) is 5.87. The van der Waals surface area contributed by atoms with Crippen molar-refractivity contribution in [3.8, 4) is 0 Å². The van der Waals surface area contributed by atoms with Crippen LogP contribution < -0.4 is 0 Å². The molecule has 0 bridgehead atoms. The average molecular weight is 680 g/mol. The molecule has 1 unspecified atom stereocenters. The number of ether oxygens (including phenoxy) is 1. The number of morpholine rings is 1. The van der Waals surface area contributed by atoms with Crippen molar-refractivity contribution in [3.63, 3.8) is 0 Å². The maximum atomic E-state index is 14.7. The molecule has 0 saturated carbocycles. The highest BCUT2D eigenvalue weighted by molar-refractivity contribution is 7.76. The first-order chi connectivity index (χ1) is 21.2. The van der Waals surface area contributed by atoms with Gasteiger partial charge < -0.3 is 14.7 Å². The SMILES string of the molecule is CC(C)[C@@H](CN(S(=O)O)C(C)(C)Cc1ccccc1F)N1C(=O)[C@H](CC(=O)O)O[C@H](c2cccc(Cl)c2)[C@H]1c1ccc(Cl)cc1. The van der Waals surface area contributed by atoms with Crippen LogP contribution in [0.2, 0.25) is 10.0 Å². The van der Waals surface area contributed by atoms with E-state index < -0.39 is 65.2 Å². The van der Waals surface area contributed by atoms with Crippen LogP contribution in [-0.4, -0.2) is 59.2 Å². The van der Waals surface area contributed by atoms with E-state index in [1.54, 1.807) is 85.5 Å². The van der Waals surface area contributed by atoms with Crippen LogP contribution in [0.25, 0.3) is 0 Å². The summed E-state index contributed by atoms with van der Waals surface area (Å²) >= 11 is 10.1. The Balaban J connectivity index is 1.85. The zero-order chi connectivity index (χ0) is 33.1. The predicted molar refractivity (Wildman–Crippen MR) is 173 cm³/mol. The Hall–Kier alpha value is -2.86. The first kappa shape index (κ1) is 35.0. The summed E-state index contributed by atoms with van der Waals surface area (Å²) in [4.78, 5) is 27.8. The Morgan fingerprint density at radius 3 is 2.29 bits per heavy atom. The average Bonchev–Trinajstić information content (AvgIpc) is 2.95. The van der Waals surface area contributed by atoms with Gasteiger partial charge in [-0.15, -0.1) is 0 Å². The third-order valence-corrected chi connectivity index (χ3v) is 9.61. The number of carboxylic acid groups (broad SMARTS) is 1. The first-order valence-electron chi connectivity index (χ1n) is 14.5. The van der Waals surface area contributed by atoms with Crippen molar-refractivity contribution in [1.82, 2.24) is 9.21 Å². The van der Waals surface area contributed by atoms with Gasteiger partial charge in [-0.05, 0) is 73.2 Å². The summed E-state index contributed by atoms with van der Waals surface area (Å²) in [7, 11) is 0. The molecule has 3 aromatic carbocycles. The van der Waals surface area contributed by atoms with Crippen LogP contribution in [0, 0.1) is 11.7 Å². The van der Waals surface area contributed by atoms with E-state index in [4.69, 9.17) is 27.9 Å². The molecule has 242 valence electrons. The molecule has 1 saturated heterocycles. The van der Waals surface area contributed by atoms with Crippen LogP contribution in [-0.2, 0) is 32.0 Å². The summed E-state index contributed by atoms with van der Waals surface area (Å²) < 4.78 is 45.9. The van der Waals surface area contributed by atoms with Gasteiger partial charge in [0.2, 0.25) is 11.3 Å². The molecule has 5 atom stereocenters. The lowest BCUT2D eigenvalue weighted by Gasteiger charge is -2.50. The van der Waals surface area contributed by atoms with Gasteiger partial charge in [0, 0.05) is 28.2 Å². The number of benzene rings is 3. The largest absolute Gasteiger partial charge is 0.481 e. The Morgan fingerprint density at radius 1 is 1.04 bits per heavy atom. The number of carbonyl (C=O) groups excluding carboxylic acids is 1. The van der Waals surface area contributed by atoms with Crippen LogP contribution in [0.3, 0.4) is 0 Å². The number of rotatable bonds is 12. The number of halogens is 3. The van der Waals surface area contributed by atoms with E-state index in [1.165, 1.54) is 10.4 Å². The molecule has 1 aliphatic rings. The third kappa shape index (κ3) is 8.30. The standard InChI is InChI=1S/C33H37Cl2FN2O6S/c1-20(2)27(19-37(45(42)43)33(3,4)18-23-8-5-6-11-26(23)36)38-30(21-12-14-24(34)15-13-21)31(22-9-7-10-25(35)16-22)44-28(32(38)41)17-29(39)40/h5-16,20,27-28,30-31H,17-19H2,1-4H3,(H,39,40)(H,42,43)/t27-,28+,30-,31-/m1/s1. The number of amides is 1. The van der Waals surface area contributed by atoms with Crippen LogP contribution in [0.1, 0.15) is 63.0 Å². The molecule has 0 aromatic heterocycles. The fraction of sp³-hybridized carbons (Fsp3) is 0.394. The highest BCUT2D eigenvalue weighted by atomic mass is 35.5. The monoisotopic (exact) mass is 678 g/mol. The van der Waals surface area contributed by atoms with Crippen LogP contribution in [0.5, 0.6) is 0 Å². The molecule has 3 aromatic rings. The van der Waals surface area contributed by atoms with Gasteiger partial charge in [0.25, 0.3) is 5.91 Å². The number of carbonyl (C=O) groups is 2. The molecule has 1 aliphatic heterocycles. The second-order valence-electron chi connectivity index (χ2n) is 12.1. The van der Waals surface area contributed by atoms with Crippen molar-refractivity contribution in [1.29, 1.82) is 0 Å². The minimum atomic E-state index is -2.52. The third-order valence-electron chi connectivity index (χ3n) is 8.10. The summed E-state index contributed by atoms with van der Waals surface area (Å²) in [5.74, 6) is -2.48. The van der Waals surface area contributed by atoms with Gasteiger partial charge in [0.05, 0.1) is 12.5 Å². The molecular weight excluding hydrogens is 642 g/mol. The number of hydrogen-bond acceptors (Lipinski definition) is 4. The van der Waals surface area contributed by atoms with E-state index in [2.05, 4.69) is 0 Å². The molecule has 1 fully saturated rings.